The van der Waals surface area contributed by atoms with Crippen molar-refractivity contribution in [2.45, 2.75) is 38.9 Å². The topological polar surface area (TPSA) is 73.9 Å². The third-order valence-electron chi connectivity index (χ3n) is 4.19. The van der Waals surface area contributed by atoms with Gasteiger partial charge in [-0.15, -0.1) is 0 Å². The van der Waals surface area contributed by atoms with Gasteiger partial charge in [0.15, 0.2) is 5.60 Å². The lowest BCUT2D eigenvalue weighted by Crippen LogP contribution is -2.47. The monoisotopic (exact) mass is 369 g/mol. The average Bonchev–Trinajstić information content (AvgIpc) is 3.01. The molecule has 0 saturated heterocycles. The first kappa shape index (κ1) is 18.8. The van der Waals surface area contributed by atoms with Gasteiger partial charge in [0.05, 0.1) is 6.54 Å². The number of para-hydroxylation sites is 1. The van der Waals surface area contributed by atoms with Crippen molar-refractivity contribution in [2.24, 2.45) is 0 Å². The predicted octanol–water partition coefficient (Wildman–Crippen LogP) is 3.24. The van der Waals surface area contributed by atoms with Gasteiger partial charge in [-0.25, -0.2) is 0 Å². The molecule has 1 unspecified atom stereocenters. The number of esters is 1. The molecule has 27 heavy (non-hydrogen) atoms. The molecule has 0 bridgehead atoms. The molecule has 2 aromatic carbocycles. The Morgan fingerprint density at radius 3 is 2.59 bits per heavy atom. The fourth-order valence-corrected chi connectivity index (χ4v) is 2.92. The molecule has 1 heterocycles. The maximum Gasteiger partial charge on any atom is 0.303 e. The molecule has 3 rings (SSSR count). The van der Waals surface area contributed by atoms with Crippen LogP contribution in [0.4, 0.5) is 0 Å². The Labute approximate surface area is 158 Å². The average molecular weight is 369 g/mol. The number of carbonyl (C=O) groups is 2. The molecule has 6 heteroatoms. The summed E-state index contributed by atoms with van der Waals surface area (Å²) in [4.78, 5) is 23.3. The maximum atomic E-state index is 12.2. The van der Waals surface area contributed by atoms with E-state index in [0.29, 0.717) is 13.0 Å². The van der Waals surface area contributed by atoms with Crippen molar-refractivity contribution >= 4 is 11.9 Å². The van der Waals surface area contributed by atoms with Gasteiger partial charge < -0.3 is 19.5 Å². The van der Waals surface area contributed by atoms with E-state index in [1.165, 1.54) is 6.92 Å². The van der Waals surface area contributed by atoms with E-state index in [-0.39, 0.29) is 12.0 Å². The first-order chi connectivity index (χ1) is 12.8. The van der Waals surface area contributed by atoms with Crippen LogP contribution in [0.3, 0.4) is 0 Å². The van der Waals surface area contributed by atoms with Crippen LogP contribution in [0.1, 0.15) is 26.3 Å². The van der Waals surface area contributed by atoms with Crippen LogP contribution in [-0.4, -0.2) is 30.1 Å². The smallest absolute Gasteiger partial charge is 0.303 e. The summed E-state index contributed by atoms with van der Waals surface area (Å²) in [6.45, 7) is 4.72. The highest BCUT2D eigenvalue weighted by Gasteiger charge is 2.32. The van der Waals surface area contributed by atoms with Crippen LogP contribution in [-0.2, 0) is 20.7 Å². The molecule has 6 nitrogen and oxygen atoms in total. The number of rotatable bonds is 6. The van der Waals surface area contributed by atoms with Gasteiger partial charge in [0.2, 0.25) is 0 Å². The summed E-state index contributed by atoms with van der Waals surface area (Å²) >= 11 is 0. The number of nitrogens with one attached hydrogen (secondary N) is 1. The lowest BCUT2D eigenvalue weighted by Gasteiger charge is -2.24. The lowest BCUT2D eigenvalue weighted by atomic mass is 10.1. The van der Waals surface area contributed by atoms with Crippen molar-refractivity contribution in [1.82, 2.24) is 5.32 Å². The second-order valence-corrected chi connectivity index (χ2v) is 6.94. The molecule has 0 aliphatic carbocycles. The quantitative estimate of drug-likeness (QED) is 0.792. The highest BCUT2D eigenvalue weighted by Crippen LogP contribution is 2.33. The van der Waals surface area contributed by atoms with E-state index >= 15 is 0 Å². The molecule has 142 valence electrons. The van der Waals surface area contributed by atoms with Crippen molar-refractivity contribution in [2.75, 3.05) is 6.54 Å². The normalized spacial score (nSPS) is 15.4. The summed E-state index contributed by atoms with van der Waals surface area (Å²) < 4.78 is 16.8. The van der Waals surface area contributed by atoms with Gasteiger partial charge in [0.25, 0.3) is 5.91 Å². The summed E-state index contributed by atoms with van der Waals surface area (Å²) in [6.07, 6.45) is 0.485. The molecule has 2 aromatic rings. The van der Waals surface area contributed by atoms with Crippen molar-refractivity contribution in [1.29, 1.82) is 0 Å². The molecule has 1 amide bonds. The molecular weight excluding hydrogens is 346 g/mol. The third-order valence-corrected chi connectivity index (χ3v) is 4.19. The largest absolute Gasteiger partial charge is 0.488 e. The molecule has 0 spiro atoms. The highest BCUT2D eigenvalue weighted by atomic mass is 16.6. The van der Waals surface area contributed by atoms with Gasteiger partial charge in [-0.1, -0.05) is 18.2 Å². The van der Waals surface area contributed by atoms with Crippen LogP contribution in [0.2, 0.25) is 0 Å². The lowest BCUT2D eigenvalue weighted by molar-refractivity contribution is -0.163. The number of benzene rings is 2. The first-order valence-electron chi connectivity index (χ1n) is 8.84. The summed E-state index contributed by atoms with van der Waals surface area (Å²) in [5.74, 6) is 1.45. The number of carbonyl (C=O) groups excluding carboxylic acids is 2. The van der Waals surface area contributed by atoms with E-state index in [1.54, 1.807) is 13.8 Å². The molecule has 1 aliphatic heterocycles. The van der Waals surface area contributed by atoms with E-state index in [0.717, 1.165) is 22.8 Å². The zero-order valence-electron chi connectivity index (χ0n) is 15.7. The van der Waals surface area contributed by atoms with Crippen molar-refractivity contribution in [3.63, 3.8) is 0 Å². The van der Waals surface area contributed by atoms with Gasteiger partial charge in [0, 0.05) is 18.9 Å². The van der Waals surface area contributed by atoms with Crippen molar-refractivity contribution in [3.05, 3.63) is 54.1 Å². The molecular formula is C21H23NO5. The Hall–Kier alpha value is -3.02. The highest BCUT2D eigenvalue weighted by molar-refractivity contribution is 5.86. The minimum atomic E-state index is -1.21. The zero-order chi connectivity index (χ0) is 19.4. The molecule has 0 saturated carbocycles. The number of hydrogen-bond acceptors (Lipinski definition) is 5. The van der Waals surface area contributed by atoms with Crippen molar-refractivity contribution in [3.8, 4) is 17.2 Å². The molecule has 0 fully saturated rings. The summed E-state index contributed by atoms with van der Waals surface area (Å²) in [6, 6.07) is 15.2. The standard InChI is InChI=1S/C21H23NO5/c1-14(23)27-21(2,3)20(24)22-13-18-12-15-11-17(9-10-19(15)26-18)25-16-7-5-4-6-8-16/h4-11,18H,12-13H2,1-3H3,(H,22,24). The first-order valence-corrected chi connectivity index (χ1v) is 8.84. The van der Waals surface area contributed by atoms with E-state index < -0.39 is 11.6 Å². The minimum Gasteiger partial charge on any atom is -0.488 e. The Morgan fingerprint density at radius 1 is 1.15 bits per heavy atom. The van der Waals surface area contributed by atoms with E-state index in [1.807, 2.05) is 48.5 Å². The van der Waals surface area contributed by atoms with Gasteiger partial charge >= 0.3 is 5.97 Å². The number of ether oxygens (including phenoxy) is 3. The Balaban J connectivity index is 1.56. The van der Waals surface area contributed by atoms with Gasteiger partial charge in [0.1, 0.15) is 23.4 Å². The molecule has 1 N–H and O–H groups in total. The maximum absolute atomic E-state index is 12.2. The zero-order valence-corrected chi connectivity index (χ0v) is 15.7. The summed E-state index contributed by atoms with van der Waals surface area (Å²) in [5.41, 5.74) is -0.185. The van der Waals surface area contributed by atoms with Crippen LogP contribution in [0.5, 0.6) is 17.2 Å². The van der Waals surface area contributed by atoms with E-state index in [9.17, 15) is 9.59 Å². The summed E-state index contributed by atoms with van der Waals surface area (Å²) in [5, 5.41) is 2.79. The Kier molecular flexibility index (Phi) is 5.35. The fourth-order valence-electron chi connectivity index (χ4n) is 2.92. The van der Waals surface area contributed by atoms with Gasteiger partial charge in [-0.05, 0) is 44.2 Å². The van der Waals surface area contributed by atoms with E-state index in [2.05, 4.69) is 5.32 Å². The van der Waals surface area contributed by atoms with Gasteiger partial charge in [-0.2, -0.15) is 0 Å². The predicted molar refractivity (Wildman–Crippen MR) is 99.9 cm³/mol. The minimum absolute atomic E-state index is 0.177. The Morgan fingerprint density at radius 2 is 1.89 bits per heavy atom. The Bertz CT molecular complexity index is 832. The number of fused-ring (bicyclic) bond motifs is 1. The van der Waals surface area contributed by atoms with Crippen LogP contribution < -0.4 is 14.8 Å². The van der Waals surface area contributed by atoms with Crippen LogP contribution in [0.15, 0.2) is 48.5 Å². The second-order valence-electron chi connectivity index (χ2n) is 6.94. The van der Waals surface area contributed by atoms with Crippen LogP contribution in [0.25, 0.3) is 0 Å². The summed E-state index contributed by atoms with van der Waals surface area (Å²) in [7, 11) is 0. The molecule has 1 aliphatic rings. The number of amides is 1. The van der Waals surface area contributed by atoms with Gasteiger partial charge in [-0.3, -0.25) is 9.59 Å². The van der Waals surface area contributed by atoms with Crippen LogP contribution in [0, 0.1) is 0 Å². The van der Waals surface area contributed by atoms with Crippen LogP contribution >= 0.6 is 0 Å². The second kappa shape index (κ2) is 7.70. The van der Waals surface area contributed by atoms with Crippen molar-refractivity contribution < 1.29 is 23.8 Å². The molecule has 0 aromatic heterocycles. The van der Waals surface area contributed by atoms with E-state index in [4.69, 9.17) is 14.2 Å². The molecule has 1 atom stereocenters. The molecule has 0 radical (unpaired) electrons. The SMILES string of the molecule is CC(=O)OC(C)(C)C(=O)NCC1Cc2cc(Oc3ccccc3)ccc2O1. The number of hydrogen-bond donors (Lipinski definition) is 1. The fraction of sp³-hybridized carbons (Fsp3) is 0.333. The third kappa shape index (κ3) is 4.78.